The molecule has 0 saturated carbocycles. The van der Waals surface area contributed by atoms with Crippen molar-refractivity contribution in [1.82, 2.24) is 15.0 Å². The molecule has 1 amide bonds. The molecular formula is C20H21N3O3. The van der Waals surface area contributed by atoms with Gasteiger partial charge in [-0.3, -0.25) is 4.79 Å². The van der Waals surface area contributed by atoms with Gasteiger partial charge in [0.2, 0.25) is 11.7 Å². The van der Waals surface area contributed by atoms with Gasteiger partial charge in [-0.05, 0) is 61.4 Å². The third-order valence-electron chi connectivity index (χ3n) is 4.29. The number of hydrogen-bond acceptors (Lipinski definition) is 5. The van der Waals surface area contributed by atoms with E-state index in [1.807, 2.05) is 56.3 Å². The molecule has 0 aliphatic rings. The van der Waals surface area contributed by atoms with Gasteiger partial charge in [-0.25, -0.2) is 0 Å². The summed E-state index contributed by atoms with van der Waals surface area (Å²) in [7, 11) is 3.33. The van der Waals surface area contributed by atoms with Crippen LogP contribution in [0.5, 0.6) is 5.75 Å². The first-order chi connectivity index (χ1) is 12.5. The molecule has 0 fully saturated rings. The molecule has 1 heterocycles. The van der Waals surface area contributed by atoms with Gasteiger partial charge in [0.15, 0.2) is 0 Å². The van der Waals surface area contributed by atoms with E-state index in [1.165, 1.54) is 0 Å². The second-order valence-corrected chi connectivity index (χ2v) is 6.20. The number of nitrogens with zero attached hydrogens (tertiary/aromatic N) is 3. The Morgan fingerprint density at radius 1 is 1.12 bits per heavy atom. The summed E-state index contributed by atoms with van der Waals surface area (Å²) in [5, 5.41) is 3.99. The lowest BCUT2D eigenvalue weighted by Crippen LogP contribution is -2.26. The van der Waals surface area contributed by atoms with Crippen LogP contribution in [0.15, 0.2) is 47.0 Å². The largest absolute Gasteiger partial charge is 0.497 e. The molecule has 2 aromatic carbocycles. The standard InChI is InChI=1S/C20H21N3O3/c1-13-5-6-16(11-14(13)2)20(24)23(3)12-18-21-19(22-26-18)15-7-9-17(25-4)10-8-15/h5-11H,12H2,1-4H3. The minimum Gasteiger partial charge on any atom is -0.497 e. The van der Waals surface area contributed by atoms with E-state index in [4.69, 9.17) is 9.26 Å². The van der Waals surface area contributed by atoms with Crippen LogP contribution in [-0.4, -0.2) is 35.1 Å². The summed E-state index contributed by atoms with van der Waals surface area (Å²) in [6, 6.07) is 13.1. The third kappa shape index (κ3) is 3.74. The quantitative estimate of drug-likeness (QED) is 0.702. The van der Waals surface area contributed by atoms with Crippen LogP contribution in [-0.2, 0) is 6.54 Å². The summed E-state index contributed by atoms with van der Waals surface area (Å²) in [6.45, 7) is 4.26. The molecule has 0 radical (unpaired) electrons. The van der Waals surface area contributed by atoms with Crippen molar-refractivity contribution in [2.75, 3.05) is 14.2 Å². The highest BCUT2D eigenvalue weighted by molar-refractivity contribution is 5.94. The first-order valence-electron chi connectivity index (χ1n) is 8.27. The maximum atomic E-state index is 12.6. The molecule has 0 saturated heterocycles. The van der Waals surface area contributed by atoms with Gasteiger partial charge in [-0.15, -0.1) is 0 Å². The van der Waals surface area contributed by atoms with Crippen molar-refractivity contribution in [2.24, 2.45) is 0 Å². The SMILES string of the molecule is COc1ccc(-c2noc(CN(C)C(=O)c3ccc(C)c(C)c3)n2)cc1. The van der Waals surface area contributed by atoms with Crippen LogP contribution >= 0.6 is 0 Å². The summed E-state index contributed by atoms with van der Waals surface area (Å²) < 4.78 is 10.4. The van der Waals surface area contributed by atoms with Gasteiger partial charge in [0.1, 0.15) is 5.75 Å². The van der Waals surface area contributed by atoms with Crippen molar-refractivity contribution in [1.29, 1.82) is 0 Å². The molecule has 0 atom stereocenters. The zero-order chi connectivity index (χ0) is 18.7. The summed E-state index contributed by atoms with van der Waals surface area (Å²) in [6.07, 6.45) is 0. The van der Waals surface area contributed by atoms with Gasteiger partial charge in [0, 0.05) is 18.2 Å². The van der Waals surface area contributed by atoms with Crippen LogP contribution in [0, 0.1) is 13.8 Å². The molecule has 0 bridgehead atoms. The second kappa shape index (κ2) is 7.39. The van der Waals surface area contributed by atoms with Crippen molar-refractivity contribution in [3.8, 4) is 17.1 Å². The molecule has 1 aromatic heterocycles. The molecule has 0 unspecified atom stereocenters. The molecule has 26 heavy (non-hydrogen) atoms. The zero-order valence-corrected chi connectivity index (χ0v) is 15.3. The molecule has 0 N–H and O–H groups in total. The highest BCUT2D eigenvalue weighted by atomic mass is 16.5. The zero-order valence-electron chi connectivity index (χ0n) is 15.3. The van der Waals surface area contributed by atoms with Crippen LogP contribution in [0.4, 0.5) is 0 Å². The number of amides is 1. The van der Waals surface area contributed by atoms with Gasteiger partial charge in [-0.1, -0.05) is 11.2 Å². The molecule has 3 rings (SSSR count). The van der Waals surface area contributed by atoms with Crippen LogP contribution in [0.2, 0.25) is 0 Å². The van der Waals surface area contributed by atoms with E-state index in [-0.39, 0.29) is 12.5 Å². The Morgan fingerprint density at radius 3 is 2.50 bits per heavy atom. The van der Waals surface area contributed by atoms with E-state index in [2.05, 4.69) is 10.1 Å². The second-order valence-electron chi connectivity index (χ2n) is 6.20. The normalized spacial score (nSPS) is 10.6. The molecular weight excluding hydrogens is 330 g/mol. The average Bonchev–Trinajstić information content (AvgIpc) is 3.12. The molecule has 0 aliphatic heterocycles. The van der Waals surface area contributed by atoms with Gasteiger partial charge < -0.3 is 14.2 Å². The fourth-order valence-electron chi connectivity index (χ4n) is 2.55. The number of methoxy groups -OCH3 is 1. The van der Waals surface area contributed by atoms with Crippen molar-refractivity contribution in [3.05, 3.63) is 65.0 Å². The fourth-order valence-corrected chi connectivity index (χ4v) is 2.55. The molecule has 0 spiro atoms. The van der Waals surface area contributed by atoms with Gasteiger partial charge in [0.25, 0.3) is 5.91 Å². The van der Waals surface area contributed by atoms with Gasteiger partial charge in [-0.2, -0.15) is 4.98 Å². The summed E-state index contributed by atoms with van der Waals surface area (Å²) >= 11 is 0. The Kier molecular flexibility index (Phi) is 5.02. The fraction of sp³-hybridized carbons (Fsp3) is 0.250. The van der Waals surface area contributed by atoms with Crippen LogP contribution < -0.4 is 4.74 Å². The predicted octanol–water partition coefficient (Wildman–Crippen LogP) is 3.63. The van der Waals surface area contributed by atoms with Crippen molar-refractivity contribution in [2.45, 2.75) is 20.4 Å². The smallest absolute Gasteiger partial charge is 0.254 e. The number of carbonyl (C=O) groups is 1. The Hall–Kier alpha value is -3.15. The molecule has 134 valence electrons. The minimum atomic E-state index is -0.0858. The summed E-state index contributed by atoms with van der Waals surface area (Å²) in [5.74, 6) is 1.54. The van der Waals surface area contributed by atoms with Crippen molar-refractivity contribution in [3.63, 3.8) is 0 Å². The number of rotatable bonds is 5. The van der Waals surface area contributed by atoms with Crippen molar-refractivity contribution < 1.29 is 14.1 Å². The maximum absolute atomic E-state index is 12.6. The Morgan fingerprint density at radius 2 is 1.85 bits per heavy atom. The summed E-state index contributed by atoms with van der Waals surface area (Å²) in [4.78, 5) is 18.5. The number of benzene rings is 2. The minimum absolute atomic E-state index is 0.0858. The van der Waals surface area contributed by atoms with E-state index >= 15 is 0 Å². The molecule has 6 heteroatoms. The Bertz CT molecular complexity index is 916. The topological polar surface area (TPSA) is 68.5 Å². The Balaban J connectivity index is 1.71. The molecule has 3 aromatic rings. The van der Waals surface area contributed by atoms with Gasteiger partial charge >= 0.3 is 0 Å². The lowest BCUT2D eigenvalue weighted by Gasteiger charge is -2.15. The van der Waals surface area contributed by atoms with Crippen molar-refractivity contribution >= 4 is 5.91 Å². The summed E-state index contributed by atoms with van der Waals surface area (Å²) in [5.41, 5.74) is 3.71. The number of carbonyl (C=O) groups excluding carboxylic acids is 1. The maximum Gasteiger partial charge on any atom is 0.254 e. The molecule has 6 nitrogen and oxygen atoms in total. The van der Waals surface area contributed by atoms with E-state index in [0.29, 0.717) is 17.3 Å². The number of aromatic nitrogens is 2. The van der Waals surface area contributed by atoms with E-state index in [9.17, 15) is 4.79 Å². The van der Waals surface area contributed by atoms with E-state index in [0.717, 1.165) is 22.4 Å². The first kappa shape index (κ1) is 17.7. The number of aryl methyl sites for hydroxylation is 2. The van der Waals surface area contributed by atoms with E-state index < -0.39 is 0 Å². The Labute approximate surface area is 152 Å². The average molecular weight is 351 g/mol. The predicted molar refractivity (Wildman–Crippen MR) is 98.0 cm³/mol. The number of hydrogen-bond donors (Lipinski definition) is 0. The van der Waals surface area contributed by atoms with Gasteiger partial charge in [0.05, 0.1) is 13.7 Å². The lowest BCUT2D eigenvalue weighted by atomic mass is 10.1. The number of ether oxygens (including phenoxy) is 1. The third-order valence-corrected chi connectivity index (χ3v) is 4.29. The molecule has 0 aliphatic carbocycles. The van der Waals surface area contributed by atoms with E-state index in [1.54, 1.807) is 19.1 Å². The highest BCUT2D eigenvalue weighted by Crippen LogP contribution is 2.20. The first-order valence-corrected chi connectivity index (χ1v) is 8.27. The monoisotopic (exact) mass is 351 g/mol. The van der Waals surface area contributed by atoms with Crippen LogP contribution in [0.3, 0.4) is 0 Å². The lowest BCUT2D eigenvalue weighted by molar-refractivity contribution is 0.0769. The van der Waals surface area contributed by atoms with Crippen LogP contribution in [0.25, 0.3) is 11.4 Å². The van der Waals surface area contributed by atoms with Crippen LogP contribution in [0.1, 0.15) is 27.4 Å². The highest BCUT2D eigenvalue weighted by Gasteiger charge is 2.16.